The normalized spacial score (nSPS) is 30.5. The Bertz CT molecular complexity index is 3160. The Hall–Kier alpha value is -6.28. The summed E-state index contributed by atoms with van der Waals surface area (Å²) in [4.78, 5) is 107. The Labute approximate surface area is 468 Å². The number of carbonyl (C=O) groups is 8. The number of fused-ring (bicyclic) bond motifs is 4. The lowest BCUT2D eigenvalue weighted by Crippen LogP contribution is -2.50. The minimum atomic E-state index is -3.76. The second-order valence-electron chi connectivity index (χ2n) is 23.5. The van der Waals surface area contributed by atoms with E-state index in [1.54, 1.807) is 24.3 Å². The van der Waals surface area contributed by atoms with Gasteiger partial charge in [-0.05, 0) is 99.3 Å². The number of hydrogen-bond donors (Lipinski definition) is 4. The maximum Gasteiger partial charge on any atom is 0.410 e. The first-order valence-electron chi connectivity index (χ1n) is 28.1. The predicted molar refractivity (Wildman–Crippen MR) is 281 cm³/mol. The van der Waals surface area contributed by atoms with Crippen molar-refractivity contribution in [3.63, 3.8) is 0 Å². The highest BCUT2D eigenvalue weighted by Crippen LogP contribution is 2.58. The van der Waals surface area contributed by atoms with Crippen LogP contribution >= 0.6 is 0 Å². The van der Waals surface area contributed by atoms with Gasteiger partial charge in [-0.25, -0.2) is 40.0 Å². The largest absolute Gasteiger partial charge is 0.480 e. The van der Waals surface area contributed by atoms with Gasteiger partial charge < -0.3 is 30.1 Å². The van der Waals surface area contributed by atoms with Crippen molar-refractivity contribution in [3.8, 4) is 0 Å². The van der Waals surface area contributed by atoms with E-state index in [4.69, 9.17) is 15.2 Å². The number of amides is 6. The Balaban J connectivity index is 0.000000153. The summed E-state index contributed by atoms with van der Waals surface area (Å²) in [6.45, 7) is 4.54. The highest BCUT2D eigenvalue weighted by Gasteiger charge is 2.63. The molecular weight excluding hydrogens is 1100 g/mol. The molecule has 12 rings (SSSR count). The smallest absolute Gasteiger partial charge is 0.410 e. The molecule has 2 aromatic rings. The van der Waals surface area contributed by atoms with Crippen LogP contribution in [0.15, 0.2) is 36.4 Å². The molecule has 8 fully saturated rings. The fourth-order valence-corrected chi connectivity index (χ4v) is 15.7. The van der Waals surface area contributed by atoms with Gasteiger partial charge in [0.05, 0.1) is 52.7 Å². The third-order valence-corrected chi connectivity index (χ3v) is 21.8. The molecule has 6 aliphatic heterocycles. The molecule has 5 N–H and O–H groups in total. The molecule has 10 atom stereocenters. The van der Waals surface area contributed by atoms with Crippen molar-refractivity contribution in [2.75, 3.05) is 0 Å². The number of carboxylic acids is 1. The number of halogens is 2. The molecule has 4 saturated carbocycles. The number of sulfonamides is 2. The zero-order valence-corrected chi connectivity index (χ0v) is 46.8. The van der Waals surface area contributed by atoms with E-state index >= 15 is 0 Å². The summed E-state index contributed by atoms with van der Waals surface area (Å²) in [6, 6.07) is 6.76. The molecule has 4 aliphatic carbocycles. The Morgan fingerprint density at radius 2 is 1.11 bits per heavy atom. The first-order valence-corrected chi connectivity index (χ1v) is 31.2. The van der Waals surface area contributed by atoms with Crippen LogP contribution in [0.4, 0.5) is 18.4 Å². The number of Topliss-reactive ketones (excluding diaryl/α,β-unsaturated/α-hetero) is 1. The number of aliphatic carboxylic acids is 1. The topological polar surface area (TPSA) is 307 Å². The van der Waals surface area contributed by atoms with Crippen LogP contribution in [0.5, 0.6) is 0 Å². The van der Waals surface area contributed by atoms with Crippen molar-refractivity contribution < 1.29 is 78.6 Å². The van der Waals surface area contributed by atoms with E-state index in [-0.39, 0.29) is 98.2 Å². The number of nitrogens with two attached hydrogens (primary N) is 1. The molecule has 440 valence electrons. The monoisotopic (exact) mass is 1170 g/mol. The van der Waals surface area contributed by atoms with E-state index in [1.807, 2.05) is 13.8 Å². The van der Waals surface area contributed by atoms with E-state index in [0.29, 0.717) is 93.7 Å². The number of ether oxygens (including phenoxy) is 2. The van der Waals surface area contributed by atoms with Crippen LogP contribution in [0.1, 0.15) is 145 Å². The summed E-state index contributed by atoms with van der Waals surface area (Å²) >= 11 is 0. The van der Waals surface area contributed by atoms with Gasteiger partial charge in [0.15, 0.2) is 5.78 Å². The third-order valence-electron chi connectivity index (χ3n) is 18.2. The molecule has 10 aliphatic rings. The minimum Gasteiger partial charge on any atom is -0.480 e. The molecule has 0 aromatic heterocycles. The molecular formula is C55H69F2N7O15S2. The summed E-state index contributed by atoms with van der Waals surface area (Å²) in [6.07, 6.45) is 5.29. The van der Waals surface area contributed by atoms with Crippen molar-refractivity contribution in [3.05, 3.63) is 70.3 Å². The van der Waals surface area contributed by atoms with Crippen molar-refractivity contribution in [1.82, 2.24) is 29.0 Å². The average Bonchev–Trinajstić information content (AvgIpc) is 4.41. The van der Waals surface area contributed by atoms with Gasteiger partial charge in [0.2, 0.25) is 37.8 Å². The van der Waals surface area contributed by atoms with E-state index in [0.717, 1.165) is 12.0 Å². The number of benzene rings is 2. The highest BCUT2D eigenvalue weighted by molar-refractivity contribution is 7.91. The molecule has 4 saturated heterocycles. The lowest BCUT2D eigenvalue weighted by atomic mass is 9.91. The standard InChI is InChI=1S/C28H34FN3O7S.C18H19FN2O5.C9H16N2O3S/c1-2-17-12-28(17,26(35)30-40(37,38)18-9-10-18)13-23(33)22-11-24(21-7-4-8-25(34)32(21)22)39-27(36)31-14-16-5-3-6-20(29)19(16)15-31;19-12-4-1-3-10-8-20(9-11(10)12)18(25)26-15-7-14(17(23)24)21-13(15)5-2-6-16(21)22;1-2-6-5-9(6,10)8(12)11-15(13,14)7-3-4-7/h3,5-6,17-18,21-22,24H,2,4,7-15H2,1H3,(H,30,35);1,3-4,13-15H,2,5-9H2,(H,23,24);6-7H,2-5,10H2,1H3,(H,11,12)/t17-,21-,22+,24-,28-;13-,14+,15-;6-,9-/m111/s1. The van der Waals surface area contributed by atoms with E-state index < -0.39 is 103 Å². The van der Waals surface area contributed by atoms with Gasteiger partial charge in [0, 0.05) is 56.3 Å². The quantitative estimate of drug-likeness (QED) is 0.204. The van der Waals surface area contributed by atoms with Gasteiger partial charge in [-0.15, -0.1) is 0 Å². The van der Waals surface area contributed by atoms with Crippen LogP contribution in [0.25, 0.3) is 0 Å². The molecule has 0 unspecified atom stereocenters. The number of ketones is 1. The Morgan fingerprint density at radius 1 is 0.654 bits per heavy atom. The Morgan fingerprint density at radius 3 is 1.53 bits per heavy atom. The zero-order valence-electron chi connectivity index (χ0n) is 45.2. The maximum atomic E-state index is 14.2. The molecule has 22 nitrogen and oxygen atoms in total. The second kappa shape index (κ2) is 22.1. The molecule has 81 heavy (non-hydrogen) atoms. The SMILES string of the molecule is CC[C@@H]1C[C@]1(CC(=O)[C@@H]1C[C@@H](OC(=O)N2Cc3cccc(F)c3C2)[C@H]2CCCC(=O)N21)C(=O)NS(=O)(=O)C1CC1.CC[C@@H]1C[C@]1(N)C(=O)NS(=O)(=O)C1CC1.O=C(O)[C@@H]1C[C@@H](OC(=O)N2Cc3cccc(F)c3C2)[C@H]2CCCC(=O)N21. The van der Waals surface area contributed by atoms with Crippen molar-refractivity contribution >= 4 is 67.6 Å². The van der Waals surface area contributed by atoms with Crippen LogP contribution in [0.2, 0.25) is 0 Å². The fourth-order valence-electron chi connectivity index (χ4n) is 13.0. The van der Waals surface area contributed by atoms with Crippen LogP contribution < -0.4 is 15.2 Å². The number of nitrogens with one attached hydrogen (secondary N) is 2. The Kier molecular flexibility index (Phi) is 15.8. The van der Waals surface area contributed by atoms with Gasteiger partial charge >= 0.3 is 18.2 Å². The molecule has 0 radical (unpaired) electrons. The molecule has 6 heterocycles. The summed E-state index contributed by atoms with van der Waals surface area (Å²) in [7, 11) is -7.20. The van der Waals surface area contributed by atoms with Crippen molar-refractivity contribution in [1.29, 1.82) is 0 Å². The van der Waals surface area contributed by atoms with E-state index in [2.05, 4.69) is 9.44 Å². The van der Waals surface area contributed by atoms with Crippen LogP contribution in [0.3, 0.4) is 0 Å². The summed E-state index contributed by atoms with van der Waals surface area (Å²) < 4.78 is 91.7. The second-order valence-corrected chi connectivity index (χ2v) is 27.4. The van der Waals surface area contributed by atoms with Crippen LogP contribution in [-0.2, 0) is 84.5 Å². The summed E-state index contributed by atoms with van der Waals surface area (Å²) in [5.74, 6) is -3.68. The van der Waals surface area contributed by atoms with Crippen molar-refractivity contribution in [2.45, 2.75) is 202 Å². The molecule has 0 bridgehead atoms. The maximum absolute atomic E-state index is 14.2. The van der Waals surface area contributed by atoms with Gasteiger partial charge in [-0.3, -0.25) is 43.2 Å². The fraction of sp³-hybridized carbons (Fsp3) is 0.636. The van der Waals surface area contributed by atoms with Gasteiger partial charge in [-0.1, -0.05) is 51.0 Å². The number of carboxylic acid groups (broad SMARTS) is 1. The minimum absolute atomic E-state index is 0.0863. The molecule has 26 heteroatoms. The lowest BCUT2D eigenvalue weighted by molar-refractivity contribution is -0.151. The number of rotatable bonds is 14. The van der Waals surface area contributed by atoms with Gasteiger partial charge in [-0.2, -0.15) is 0 Å². The summed E-state index contributed by atoms with van der Waals surface area (Å²) in [5, 5.41) is 8.47. The molecule has 6 amide bonds. The van der Waals surface area contributed by atoms with Crippen LogP contribution in [0, 0.1) is 28.9 Å². The van der Waals surface area contributed by atoms with Gasteiger partial charge in [0.1, 0.15) is 29.9 Å². The van der Waals surface area contributed by atoms with E-state index in [1.165, 1.54) is 31.7 Å². The molecule has 2 aromatic carbocycles. The number of carbonyl (C=O) groups excluding carboxylic acids is 7. The zero-order chi connectivity index (χ0) is 58.1. The predicted octanol–water partition coefficient (Wildman–Crippen LogP) is 4.39. The first kappa shape index (κ1) is 57.9. The number of piperidine rings is 2. The van der Waals surface area contributed by atoms with E-state index in [9.17, 15) is 69.1 Å². The molecule has 0 spiro atoms. The average molecular weight is 1170 g/mol. The van der Waals surface area contributed by atoms with Crippen molar-refractivity contribution in [2.24, 2.45) is 23.0 Å². The number of nitrogens with zero attached hydrogens (tertiary/aromatic N) is 4. The highest BCUT2D eigenvalue weighted by atomic mass is 32.2. The van der Waals surface area contributed by atoms with Gasteiger partial charge in [0.25, 0.3) is 5.91 Å². The summed E-state index contributed by atoms with van der Waals surface area (Å²) in [5.41, 5.74) is 6.15. The number of hydrogen-bond acceptors (Lipinski definition) is 15. The van der Waals surface area contributed by atoms with Crippen LogP contribution in [-0.4, -0.2) is 142 Å². The lowest BCUT2D eigenvalue weighted by Gasteiger charge is -2.35. The first-order chi connectivity index (χ1) is 38.4. The third kappa shape index (κ3) is 11.6.